The summed E-state index contributed by atoms with van der Waals surface area (Å²) in [6.45, 7) is 2.69. The number of halogens is 2. The Bertz CT molecular complexity index is 571. The second-order valence-corrected chi connectivity index (χ2v) is 6.69. The molecule has 134 valence electrons. The van der Waals surface area contributed by atoms with Crippen LogP contribution in [0.4, 0.5) is 0 Å². The molecule has 24 heavy (non-hydrogen) atoms. The van der Waals surface area contributed by atoms with Gasteiger partial charge in [0.2, 0.25) is 5.91 Å². The van der Waals surface area contributed by atoms with Crippen LogP contribution in [-0.4, -0.2) is 39.3 Å². The zero-order chi connectivity index (χ0) is 16.3. The van der Waals surface area contributed by atoms with Crippen LogP contribution in [-0.2, 0) is 9.53 Å². The molecule has 2 aliphatic heterocycles. The minimum absolute atomic E-state index is 0. The van der Waals surface area contributed by atoms with Crippen molar-refractivity contribution in [2.24, 2.45) is 5.41 Å². The van der Waals surface area contributed by atoms with Gasteiger partial charge in [-0.15, -0.1) is 12.4 Å². The highest BCUT2D eigenvalue weighted by atomic mass is 35.5. The highest BCUT2D eigenvalue weighted by Gasteiger charge is 2.41. The average Bonchev–Trinajstić information content (AvgIpc) is 2.57. The maximum Gasteiger partial charge on any atom is 0.229 e. The van der Waals surface area contributed by atoms with Crippen LogP contribution in [0.25, 0.3) is 0 Å². The van der Waals surface area contributed by atoms with E-state index in [-0.39, 0.29) is 24.4 Å². The number of rotatable bonds is 4. The number of ether oxygens (including phenoxy) is 2. The third kappa shape index (κ3) is 3.80. The summed E-state index contributed by atoms with van der Waals surface area (Å²) in [7, 11) is 1.65. The zero-order valence-electron chi connectivity index (χ0n) is 13.8. The fourth-order valence-corrected chi connectivity index (χ4v) is 3.70. The Morgan fingerprint density at radius 3 is 2.92 bits per heavy atom. The molecule has 2 aliphatic rings. The third-order valence-corrected chi connectivity index (χ3v) is 5.09. The number of nitrogens with one attached hydrogen (secondary N) is 2. The number of piperidine rings is 1. The number of fused-ring (bicyclic) bond motifs is 1. The van der Waals surface area contributed by atoms with E-state index in [2.05, 4.69) is 10.6 Å². The summed E-state index contributed by atoms with van der Waals surface area (Å²) < 4.78 is 11.0. The van der Waals surface area contributed by atoms with Crippen LogP contribution in [0, 0.1) is 5.41 Å². The van der Waals surface area contributed by atoms with E-state index in [4.69, 9.17) is 21.1 Å². The van der Waals surface area contributed by atoms with Gasteiger partial charge in [-0.1, -0.05) is 23.7 Å². The van der Waals surface area contributed by atoms with Crippen LogP contribution in [0.2, 0.25) is 5.02 Å². The number of benzene rings is 1. The van der Waals surface area contributed by atoms with Gasteiger partial charge in [-0.05, 0) is 32.0 Å². The van der Waals surface area contributed by atoms with Crippen molar-refractivity contribution in [2.45, 2.75) is 25.3 Å². The number of amides is 1. The summed E-state index contributed by atoms with van der Waals surface area (Å²) in [5.74, 6) is 0.760. The van der Waals surface area contributed by atoms with Gasteiger partial charge < -0.3 is 20.1 Å². The fraction of sp³-hybridized carbons (Fsp3) is 0.588. The van der Waals surface area contributed by atoms with Crippen LogP contribution in [0.15, 0.2) is 18.2 Å². The monoisotopic (exact) mass is 374 g/mol. The minimum Gasteiger partial charge on any atom is -0.492 e. The van der Waals surface area contributed by atoms with Crippen molar-refractivity contribution >= 4 is 29.9 Å². The highest BCUT2D eigenvalue weighted by Crippen LogP contribution is 2.38. The quantitative estimate of drug-likeness (QED) is 0.850. The van der Waals surface area contributed by atoms with Crippen molar-refractivity contribution in [1.82, 2.24) is 10.6 Å². The normalized spacial score (nSPS) is 21.8. The topological polar surface area (TPSA) is 59.6 Å². The van der Waals surface area contributed by atoms with Crippen LogP contribution >= 0.6 is 24.0 Å². The summed E-state index contributed by atoms with van der Waals surface area (Å²) >= 11 is 6.20. The molecule has 0 saturated carbocycles. The Balaban J connectivity index is 0.00000208. The Morgan fingerprint density at radius 2 is 2.21 bits per heavy atom. The smallest absolute Gasteiger partial charge is 0.229 e. The van der Waals surface area contributed by atoms with E-state index >= 15 is 0 Å². The van der Waals surface area contributed by atoms with Gasteiger partial charge >= 0.3 is 0 Å². The van der Waals surface area contributed by atoms with Gasteiger partial charge in [0.1, 0.15) is 5.75 Å². The van der Waals surface area contributed by atoms with Crippen molar-refractivity contribution in [2.75, 3.05) is 33.4 Å². The summed E-state index contributed by atoms with van der Waals surface area (Å²) in [5, 5.41) is 7.11. The molecule has 1 aromatic rings. The maximum atomic E-state index is 13.0. The van der Waals surface area contributed by atoms with E-state index in [1.165, 1.54) is 0 Å². The highest BCUT2D eigenvalue weighted by molar-refractivity contribution is 6.32. The van der Waals surface area contributed by atoms with Gasteiger partial charge in [-0.2, -0.15) is 0 Å². The summed E-state index contributed by atoms with van der Waals surface area (Å²) in [6.07, 6.45) is 2.33. The molecule has 0 bridgehead atoms. The lowest BCUT2D eigenvalue weighted by molar-refractivity contribution is -0.137. The lowest BCUT2D eigenvalue weighted by atomic mass is 9.78. The largest absolute Gasteiger partial charge is 0.492 e. The predicted octanol–water partition coefficient (Wildman–Crippen LogP) is 2.72. The second kappa shape index (κ2) is 8.39. The Kier molecular flexibility index (Phi) is 6.75. The fourth-order valence-electron chi connectivity index (χ4n) is 3.47. The van der Waals surface area contributed by atoms with Gasteiger partial charge in [0.15, 0.2) is 0 Å². The molecule has 1 saturated heterocycles. The van der Waals surface area contributed by atoms with E-state index < -0.39 is 5.41 Å². The number of carbonyl (C=O) groups excluding carboxylic acids is 1. The predicted molar refractivity (Wildman–Crippen MR) is 96.1 cm³/mol. The average molecular weight is 375 g/mol. The molecule has 0 radical (unpaired) electrons. The Labute approximate surface area is 153 Å². The third-order valence-electron chi connectivity index (χ3n) is 4.79. The second-order valence-electron chi connectivity index (χ2n) is 6.28. The standard InChI is InChI=1S/C17H23ClN2O3.ClH/c1-22-11-17(6-8-19-9-7-17)16(21)20-14-5-10-23-15-12(14)3-2-4-13(15)18;/h2-4,14,19H,5-11H2,1H3,(H,20,21);1H. The molecule has 2 N–H and O–H groups in total. The van der Waals surface area contributed by atoms with Gasteiger partial charge in [-0.3, -0.25) is 4.79 Å². The van der Waals surface area contributed by atoms with Crippen molar-refractivity contribution in [3.8, 4) is 5.75 Å². The van der Waals surface area contributed by atoms with E-state index in [9.17, 15) is 4.79 Å². The molecule has 2 heterocycles. The van der Waals surface area contributed by atoms with Gasteiger partial charge in [0.25, 0.3) is 0 Å². The molecular weight excluding hydrogens is 351 g/mol. The molecule has 1 amide bonds. The molecule has 7 heteroatoms. The zero-order valence-corrected chi connectivity index (χ0v) is 15.3. The first-order valence-electron chi connectivity index (χ1n) is 8.08. The number of hydrogen-bond donors (Lipinski definition) is 2. The summed E-state index contributed by atoms with van der Waals surface area (Å²) in [5.41, 5.74) is 0.510. The summed E-state index contributed by atoms with van der Waals surface area (Å²) in [4.78, 5) is 13.0. The van der Waals surface area contributed by atoms with E-state index in [0.29, 0.717) is 24.0 Å². The molecule has 1 fully saturated rings. The van der Waals surface area contributed by atoms with E-state index in [1.807, 2.05) is 18.2 Å². The van der Waals surface area contributed by atoms with Crippen molar-refractivity contribution in [3.63, 3.8) is 0 Å². The first-order valence-corrected chi connectivity index (χ1v) is 8.46. The molecule has 1 atom stereocenters. The van der Waals surface area contributed by atoms with Crippen LogP contribution < -0.4 is 15.4 Å². The molecule has 5 nitrogen and oxygen atoms in total. The minimum atomic E-state index is -0.447. The first-order chi connectivity index (χ1) is 11.2. The van der Waals surface area contributed by atoms with Crippen molar-refractivity contribution in [3.05, 3.63) is 28.8 Å². The van der Waals surface area contributed by atoms with Gasteiger partial charge in [-0.25, -0.2) is 0 Å². The molecule has 0 aliphatic carbocycles. The van der Waals surface area contributed by atoms with Crippen LogP contribution in [0.1, 0.15) is 30.9 Å². The van der Waals surface area contributed by atoms with Crippen molar-refractivity contribution in [1.29, 1.82) is 0 Å². The number of hydrogen-bond acceptors (Lipinski definition) is 4. The van der Waals surface area contributed by atoms with Gasteiger partial charge in [0.05, 0.1) is 29.7 Å². The molecule has 1 unspecified atom stereocenters. The van der Waals surface area contributed by atoms with Crippen LogP contribution in [0.3, 0.4) is 0 Å². The molecule has 1 aromatic carbocycles. The molecule has 0 aromatic heterocycles. The lowest BCUT2D eigenvalue weighted by Crippen LogP contribution is -2.51. The van der Waals surface area contributed by atoms with Crippen LogP contribution in [0.5, 0.6) is 5.75 Å². The van der Waals surface area contributed by atoms with Crippen molar-refractivity contribution < 1.29 is 14.3 Å². The molecule has 0 spiro atoms. The Hall–Kier alpha value is -1.01. The van der Waals surface area contributed by atoms with E-state index in [0.717, 1.165) is 37.9 Å². The maximum absolute atomic E-state index is 13.0. The first kappa shape index (κ1) is 19.3. The summed E-state index contributed by atoms with van der Waals surface area (Å²) in [6, 6.07) is 5.61. The number of carbonyl (C=O) groups is 1. The van der Waals surface area contributed by atoms with Gasteiger partial charge in [0, 0.05) is 19.1 Å². The Morgan fingerprint density at radius 1 is 1.46 bits per heavy atom. The molecule has 3 rings (SSSR count). The number of methoxy groups -OCH3 is 1. The lowest BCUT2D eigenvalue weighted by Gasteiger charge is -2.37. The van der Waals surface area contributed by atoms with E-state index in [1.54, 1.807) is 7.11 Å². The number of para-hydroxylation sites is 1. The SMILES string of the molecule is COCC1(C(=O)NC2CCOc3c(Cl)cccc32)CCNCC1.Cl. The molecular formula is C17H24Cl2N2O3.